The quantitative estimate of drug-likeness (QED) is 0.879. The lowest BCUT2D eigenvalue weighted by Gasteiger charge is -2.29. The van der Waals surface area contributed by atoms with E-state index in [-0.39, 0.29) is 18.1 Å². The van der Waals surface area contributed by atoms with E-state index < -0.39 is 0 Å². The maximum atomic E-state index is 9.45. The first kappa shape index (κ1) is 16.2. The van der Waals surface area contributed by atoms with Gasteiger partial charge in [0.05, 0.1) is 6.61 Å². The number of aliphatic hydroxyl groups excluding tert-OH is 1. The second-order valence-electron chi connectivity index (χ2n) is 6.86. The summed E-state index contributed by atoms with van der Waals surface area (Å²) in [5, 5.41) is 9.45. The topological polar surface area (TPSA) is 23.5 Å². The highest BCUT2D eigenvalue weighted by Gasteiger charge is 2.18. The molecule has 19 heavy (non-hydrogen) atoms. The van der Waals surface area contributed by atoms with Gasteiger partial charge in [0.25, 0.3) is 0 Å². The molecule has 0 heterocycles. The fraction of sp³-hybridized carbons (Fsp3) is 0.647. The van der Waals surface area contributed by atoms with E-state index >= 15 is 0 Å². The van der Waals surface area contributed by atoms with E-state index in [9.17, 15) is 5.11 Å². The molecule has 2 heteroatoms. The third-order valence-corrected chi connectivity index (χ3v) is 3.77. The van der Waals surface area contributed by atoms with Crippen LogP contribution < -0.4 is 0 Å². The molecule has 1 aromatic carbocycles. The Morgan fingerprint density at radius 2 is 1.63 bits per heavy atom. The van der Waals surface area contributed by atoms with Crippen LogP contribution in [0.2, 0.25) is 0 Å². The Morgan fingerprint density at radius 1 is 1.11 bits per heavy atom. The first-order valence-corrected chi connectivity index (χ1v) is 7.16. The summed E-state index contributed by atoms with van der Waals surface area (Å²) in [6.07, 6.45) is 0. The van der Waals surface area contributed by atoms with Gasteiger partial charge in [0.1, 0.15) is 0 Å². The first-order valence-electron chi connectivity index (χ1n) is 7.16. The molecular weight excluding hydrogens is 234 g/mol. The highest BCUT2D eigenvalue weighted by molar-refractivity contribution is 5.27. The second-order valence-corrected chi connectivity index (χ2v) is 6.86. The molecule has 0 saturated carbocycles. The van der Waals surface area contributed by atoms with Crippen molar-refractivity contribution >= 4 is 0 Å². The van der Waals surface area contributed by atoms with Crippen molar-refractivity contribution in [2.24, 2.45) is 5.92 Å². The Morgan fingerprint density at radius 3 is 2.00 bits per heavy atom. The number of likely N-dealkylation sites (N-methyl/N-ethyl adjacent to an activating group) is 1. The van der Waals surface area contributed by atoms with Gasteiger partial charge in [0.2, 0.25) is 0 Å². The highest BCUT2D eigenvalue weighted by atomic mass is 16.3. The summed E-state index contributed by atoms with van der Waals surface area (Å²) in [6.45, 7) is 12.1. The minimum atomic E-state index is 0.204. The van der Waals surface area contributed by atoms with Gasteiger partial charge in [-0.3, -0.25) is 4.90 Å². The van der Waals surface area contributed by atoms with Gasteiger partial charge in [0.15, 0.2) is 0 Å². The van der Waals surface area contributed by atoms with Crippen molar-refractivity contribution in [1.29, 1.82) is 0 Å². The molecule has 1 N–H and O–H groups in total. The minimum absolute atomic E-state index is 0.204. The lowest BCUT2D eigenvalue weighted by atomic mass is 9.86. The molecule has 0 radical (unpaired) electrons. The Kier molecular flexibility index (Phi) is 5.57. The molecule has 1 aromatic rings. The standard InChI is InChI=1S/C17H29NO/c1-13(2)16(12-19)18(6)11-14-7-9-15(10-8-14)17(3,4)5/h7-10,13,16,19H,11-12H2,1-6H3. The van der Waals surface area contributed by atoms with Gasteiger partial charge >= 0.3 is 0 Å². The zero-order chi connectivity index (χ0) is 14.6. The maximum absolute atomic E-state index is 9.45. The van der Waals surface area contributed by atoms with Crippen molar-refractivity contribution in [1.82, 2.24) is 4.90 Å². The van der Waals surface area contributed by atoms with Crippen LogP contribution in [-0.4, -0.2) is 29.7 Å². The fourth-order valence-corrected chi connectivity index (χ4v) is 2.37. The van der Waals surface area contributed by atoms with Crippen molar-refractivity contribution in [2.45, 2.75) is 52.6 Å². The Hall–Kier alpha value is -0.860. The Balaban J connectivity index is 2.73. The van der Waals surface area contributed by atoms with E-state index in [2.05, 4.69) is 70.8 Å². The molecule has 108 valence electrons. The monoisotopic (exact) mass is 263 g/mol. The summed E-state index contributed by atoms with van der Waals surface area (Å²) in [7, 11) is 2.08. The number of hydrogen-bond donors (Lipinski definition) is 1. The van der Waals surface area contributed by atoms with Crippen LogP contribution in [0, 0.1) is 5.92 Å². The van der Waals surface area contributed by atoms with Gasteiger partial charge in [-0.2, -0.15) is 0 Å². The van der Waals surface area contributed by atoms with Crippen LogP contribution in [0.25, 0.3) is 0 Å². The lowest BCUT2D eigenvalue weighted by Crippen LogP contribution is -2.38. The smallest absolute Gasteiger partial charge is 0.0589 e. The third kappa shape index (κ3) is 4.63. The average Bonchev–Trinajstić information content (AvgIpc) is 2.28. The van der Waals surface area contributed by atoms with Gasteiger partial charge < -0.3 is 5.11 Å². The summed E-state index contributed by atoms with van der Waals surface area (Å²) in [6, 6.07) is 9.05. The van der Waals surface area contributed by atoms with Gasteiger partial charge in [0, 0.05) is 12.6 Å². The average molecular weight is 263 g/mol. The third-order valence-electron chi connectivity index (χ3n) is 3.77. The molecule has 0 fully saturated rings. The van der Waals surface area contributed by atoms with Crippen molar-refractivity contribution < 1.29 is 5.11 Å². The largest absolute Gasteiger partial charge is 0.395 e. The van der Waals surface area contributed by atoms with E-state index in [1.54, 1.807) is 0 Å². The summed E-state index contributed by atoms with van der Waals surface area (Å²) >= 11 is 0. The van der Waals surface area contributed by atoms with E-state index in [0.29, 0.717) is 5.92 Å². The van der Waals surface area contributed by atoms with Crippen LogP contribution in [0.1, 0.15) is 45.7 Å². The minimum Gasteiger partial charge on any atom is -0.395 e. The molecule has 0 aliphatic heterocycles. The zero-order valence-corrected chi connectivity index (χ0v) is 13.3. The van der Waals surface area contributed by atoms with Crippen LogP contribution in [0.4, 0.5) is 0 Å². The summed E-state index contributed by atoms with van der Waals surface area (Å²) in [5.41, 5.74) is 2.87. The maximum Gasteiger partial charge on any atom is 0.0589 e. The molecule has 1 rings (SSSR count). The molecule has 0 aliphatic carbocycles. The van der Waals surface area contributed by atoms with Crippen LogP contribution >= 0.6 is 0 Å². The number of benzene rings is 1. The first-order chi connectivity index (χ1) is 8.75. The summed E-state index contributed by atoms with van der Waals surface area (Å²) in [5.74, 6) is 0.462. The van der Waals surface area contributed by atoms with E-state index in [0.717, 1.165) is 6.54 Å². The van der Waals surface area contributed by atoms with Gasteiger partial charge in [-0.15, -0.1) is 0 Å². The van der Waals surface area contributed by atoms with Gasteiger partial charge in [-0.25, -0.2) is 0 Å². The van der Waals surface area contributed by atoms with Crippen LogP contribution in [0.3, 0.4) is 0 Å². The van der Waals surface area contributed by atoms with Crippen molar-refractivity contribution in [3.05, 3.63) is 35.4 Å². The predicted octanol–water partition coefficient (Wildman–Crippen LogP) is 3.43. The Bertz CT molecular complexity index is 375. The molecular formula is C17H29NO. The molecule has 2 nitrogen and oxygen atoms in total. The highest BCUT2D eigenvalue weighted by Crippen LogP contribution is 2.22. The van der Waals surface area contributed by atoms with Crippen LogP contribution in [-0.2, 0) is 12.0 Å². The molecule has 0 spiro atoms. The van der Waals surface area contributed by atoms with Gasteiger partial charge in [-0.1, -0.05) is 58.9 Å². The van der Waals surface area contributed by atoms with E-state index in [4.69, 9.17) is 0 Å². The summed E-state index contributed by atoms with van der Waals surface area (Å²) < 4.78 is 0. The number of hydrogen-bond acceptors (Lipinski definition) is 2. The SMILES string of the molecule is CC(C)C(CO)N(C)Cc1ccc(C(C)(C)C)cc1. The second kappa shape index (κ2) is 6.53. The summed E-state index contributed by atoms with van der Waals surface area (Å²) in [4.78, 5) is 2.23. The normalized spacial score (nSPS) is 14.2. The van der Waals surface area contributed by atoms with Gasteiger partial charge in [-0.05, 0) is 29.5 Å². The van der Waals surface area contributed by atoms with Crippen molar-refractivity contribution in [3.8, 4) is 0 Å². The number of rotatable bonds is 5. The molecule has 0 aromatic heterocycles. The van der Waals surface area contributed by atoms with Crippen LogP contribution in [0.5, 0.6) is 0 Å². The molecule has 1 unspecified atom stereocenters. The molecule has 0 aliphatic rings. The Labute approximate surface area is 118 Å². The molecule has 0 saturated heterocycles. The van der Waals surface area contributed by atoms with E-state index in [1.807, 2.05) is 0 Å². The molecule has 0 bridgehead atoms. The van der Waals surface area contributed by atoms with Crippen molar-refractivity contribution in [2.75, 3.05) is 13.7 Å². The zero-order valence-electron chi connectivity index (χ0n) is 13.3. The van der Waals surface area contributed by atoms with E-state index in [1.165, 1.54) is 11.1 Å². The molecule has 1 atom stereocenters. The molecule has 0 amide bonds. The van der Waals surface area contributed by atoms with Crippen LogP contribution in [0.15, 0.2) is 24.3 Å². The lowest BCUT2D eigenvalue weighted by molar-refractivity contribution is 0.108. The fourth-order valence-electron chi connectivity index (χ4n) is 2.37. The number of aliphatic hydroxyl groups is 1. The predicted molar refractivity (Wildman–Crippen MR) is 82.3 cm³/mol. The number of nitrogens with zero attached hydrogens (tertiary/aromatic N) is 1. The van der Waals surface area contributed by atoms with Crippen molar-refractivity contribution in [3.63, 3.8) is 0 Å².